The lowest BCUT2D eigenvalue weighted by atomic mass is 10.2. The number of carboxylic acids is 1. The fourth-order valence-corrected chi connectivity index (χ4v) is 1.79. The summed E-state index contributed by atoms with van der Waals surface area (Å²) in [6, 6.07) is 3.49. The molecule has 0 amide bonds. The molecule has 0 saturated heterocycles. The molecule has 1 rings (SSSR count). The quantitative estimate of drug-likeness (QED) is 0.840. The highest BCUT2D eigenvalue weighted by molar-refractivity contribution is 7.98. The van der Waals surface area contributed by atoms with E-state index in [1.807, 2.05) is 0 Å². The maximum atomic E-state index is 12.0. The number of benzene rings is 1. The minimum atomic E-state index is -4.83. The van der Waals surface area contributed by atoms with Crippen LogP contribution in [0.2, 0.25) is 0 Å². The van der Waals surface area contributed by atoms with Gasteiger partial charge in [-0.3, -0.25) is 0 Å². The Morgan fingerprint density at radius 2 is 2.06 bits per heavy atom. The topological polar surface area (TPSA) is 46.5 Å². The van der Waals surface area contributed by atoms with Gasteiger partial charge in [-0.15, -0.1) is 24.9 Å². The number of carbonyl (C=O) groups is 1. The summed E-state index contributed by atoms with van der Waals surface area (Å²) in [5.41, 5.74) is -0.214. The van der Waals surface area contributed by atoms with Crippen molar-refractivity contribution in [1.29, 1.82) is 0 Å². The zero-order chi connectivity index (χ0) is 12.3. The van der Waals surface area contributed by atoms with Crippen molar-refractivity contribution in [3.05, 3.63) is 23.8 Å². The van der Waals surface area contributed by atoms with E-state index >= 15 is 0 Å². The van der Waals surface area contributed by atoms with Crippen molar-refractivity contribution in [2.75, 3.05) is 6.26 Å². The van der Waals surface area contributed by atoms with Crippen molar-refractivity contribution in [1.82, 2.24) is 0 Å². The minimum Gasteiger partial charge on any atom is -0.478 e. The Labute approximate surface area is 93.2 Å². The van der Waals surface area contributed by atoms with Gasteiger partial charge in [-0.05, 0) is 18.4 Å². The molecule has 3 nitrogen and oxygen atoms in total. The van der Waals surface area contributed by atoms with Crippen LogP contribution in [0, 0.1) is 0 Å². The van der Waals surface area contributed by atoms with Gasteiger partial charge in [0.05, 0.1) is 10.5 Å². The van der Waals surface area contributed by atoms with Crippen LogP contribution in [0.15, 0.2) is 23.1 Å². The number of ether oxygens (including phenoxy) is 1. The Balaban J connectivity index is 3.19. The molecule has 0 bridgehead atoms. The first-order valence-electron chi connectivity index (χ1n) is 4.01. The van der Waals surface area contributed by atoms with Crippen molar-refractivity contribution in [3.8, 4) is 5.75 Å². The number of rotatable bonds is 3. The average Bonchev–Trinajstić information content (AvgIpc) is 2.14. The van der Waals surface area contributed by atoms with E-state index in [0.717, 1.165) is 17.8 Å². The normalized spacial score (nSPS) is 11.2. The third-order valence-electron chi connectivity index (χ3n) is 1.64. The fraction of sp³-hybridized carbons (Fsp3) is 0.222. The number of aromatic carboxylic acids is 1. The second-order valence-corrected chi connectivity index (χ2v) is 3.51. The molecule has 0 aromatic heterocycles. The van der Waals surface area contributed by atoms with Gasteiger partial charge in [-0.2, -0.15) is 0 Å². The first kappa shape index (κ1) is 12.7. The SMILES string of the molecule is CSc1c(OC(F)(F)F)cccc1C(=O)O. The molecule has 0 atom stereocenters. The Bertz CT molecular complexity index is 403. The molecule has 0 heterocycles. The van der Waals surface area contributed by atoms with Crippen molar-refractivity contribution < 1.29 is 27.8 Å². The van der Waals surface area contributed by atoms with Gasteiger partial charge in [0.2, 0.25) is 0 Å². The number of alkyl halides is 3. The van der Waals surface area contributed by atoms with Crippen molar-refractivity contribution in [3.63, 3.8) is 0 Å². The van der Waals surface area contributed by atoms with Gasteiger partial charge in [0.25, 0.3) is 0 Å². The summed E-state index contributed by atoms with van der Waals surface area (Å²) >= 11 is 0.885. The van der Waals surface area contributed by atoms with Crippen molar-refractivity contribution >= 4 is 17.7 Å². The molecule has 7 heteroatoms. The van der Waals surface area contributed by atoms with Crippen LogP contribution in [0.4, 0.5) is 13.2 Å². The summed E-state index contributed by atoms with van der Waals surface area (Å²) in [6.45, 7) is 0. The maximum Gasteiger partial charge on any atom is 0.573 e. The summed E-state index contributed by atoms with van der Waals surface area (Å²) < 4.78 is 39.8. The lowest BCUT2D eigenvalue weighted by molar-refractivity contribution is -0.275. The maximum absolute atomic E-state index is 12.0. The summed E-state index contributed by atoms with van der Waals surface area (Å²) in [5, 5.41) is 8.77. The molecular weight excluding hydrogens is 245 g/mol. The van der Waals surface area contributed by atoms with Crippen LogP contribution in [-0.2, 0) is 0 Å². The highest BCUT2D eigenvalue weighted by Crippen LogP contribution is 2.34. The first-order chi connectivity index (χ1) is 7.35. The van der Waals surface area contributed by atoms with E-state index in [1.165, 1.54) is 18.4 Å². The Hall–Kier alpha value is -1.37. The van der Waals surface area contributed by atoms with E-state index in [0.29, 0.717) is 0 Å². The summed E-state index contributed by atoms with van der Waals surface area (Å²) in [4.78, 5) is 10.7. The van der Waals surface area contributed by atoms with E-state index in [9.17, 15) is 18.0 Å². The largest absolute Gasteiger partial charge is 0.573 e. The fourth-order valence-electron chi connectivity index (χ4n) is 1.10. The zero-order valence-electron chi connectivity index (χ0n) is 8.04. The summed E-state index contributed by atoms with van der Waals surface area (Å²) in [6.07, 6.45) is -3.35. The molecule has 0 unspecified atom stereocenters. The number of halogens is 3. The van der Waals surface area contributed by atoms with Crippen LogP contribution >= 0.6 is 11.8 Å². The van der Waals surface area contributed by atoms with E-state index in [4.69, 9.17) is 5.11 Å². The monoisotopic (exact) mass is 252 g/mol. The lowest BCUT2D eigenvalue weighted by Gasteiger charge is -2.13. The van der Waals surface area contributed by atoms with Crippen molar-refractivity contribution in [2.45, 2.75) is 11.3 Å². The molecule has 1 N–H and O–H groups in total. The Kier molecular flexibility index (Phi) is 3.69. The summed E-state index contributed by atoms with van der Waals surface area (Å²) in [7, 11) is 0. The van der Waals surface area contributed by atoms with Gasteiger partial charge in [-0.25, -0.2) is 4.79 Å². The number of carboxylic acid groups (broad SMARTS) is 1. The smallest absolute Gasteiger partial charge is 0.478 e. The number of thioether (sulfide) groups is 1. The standard InChI is InChI=1S/C9H7F3O3S/c1-16-7-5(8(13)14)3-2-4-6(7)15-9(10,11)12/h2-4H,1H3,(H,13,14). The highest BCUT2D eigenvalue weighted by atomic mass is 32.2. The van der Waals surface area contributed by atoms with Gasteiger partial charge in [-0.1, -0.05) is 6.07 Å². The van der Waals surface area contributed by atoms with Gasteiger partial charge in [0.1, 0.15) is 5.75 Å². The van der Waals surface area contributed by atoms with Gasteiger partial charge >= 0.3 is 12.3 Å². The number of hydrogen-bond donors (Lipinski definition) is 1. The van der Waals surface area contributed by atoms with Crippen LogP contribution < -0.4 is 4.74 Å². The van der Waals surface area contributed by atoms with Crippen LogP contribution in [0.1, 0.15) is 10.4 Å². The number of hydrogen-bond acceptors (Lipinski definition) is 3. The molecule has 88 valence electrons. The second-order valence-electron chi connectivity index (χ2n) is 2.69. The first-order valence-corrected chi connectivity index (χ1v) is 5.23. The van der Waals surface area contributed by atoms with E-state index in [-0.39, 0.29) is 10.5 Å². The van der Waals surface area contributed by atoms with Gasteiger partial charge in [0, 0.05) is 0 Å². The van der Waals surface area contributed by atoms with Crippen LogP contribution in [0.25, 0.3) is 0 Å². The third-order valence-corrected chi connectivity index (χ3v) is 2.47. The van der Waals surface area contributed by atoms with Crippen LogP contribution in [0.3, 0.4) is 0 Å². The van der Waals surface area contributed by atoms with E-state index in [2.05, 4.69) is 4.74 Å². The molecular formula is C9H7F3O3S. The van der Waals surface area contributed by atoms with Gasteiger partial charge < -0.3 is 9.84 Å². The molecule has 0 spiro atoms. The molecule has 0 aliphatic heterocycles. The van der Waals surface area contributed by atoms with Gasteiger partial charge in [0.15, 0.2) is 0 Å². The van der Waals surface area contributed by atoms with Crippen molar-refractivity contribution in [2.24, 2.45) is 0 Å². The molecule has 0 fully saturated rings. The Morgan fingerprint density at radius 1 is 1.44 bits per heavy atom. The molecule has 0 saturated carbocycles. The molecule has 1 aromatic carbocycles. The third kappa shape index (κ3) is 3.06. The molecule has 16 heavy (non-hydrogen) atoms. The predicted octanol–water partition coefficient (Wildman–Crippen LogP) is 3.01. The lowest BCUT2D eigenvalue weighted by Crippen LogP contribution is -2.18. The minimum absolute atomic E-state index is 0.0488. The predicted molar refractivity (Wildman–Crippen MR) is 51.9 cm³/mol. The van der Waals surface area contributed by atoms with E-state index in [1.54, 1.807) is 0 Å². The average molecular weight is 252 g/mol. The van der Waals surface area contributed by atoms with E-state index < -0.39 is 18.1 Å². The molecule has 1 aromatic rings. The molecule has 0 aliphatic rings. The van der Waals surface area contributed by atoms with Crippen LogP contribution in [0.5, 0.6) is 5.75 Å². The molecule has 0 aliphatic carbocycles. The Morgan fingerprint density at radius 3 is 2.50 bits per heavy atom. The highest BCUT2D eigenvalue weighted by Gasteiger charge is 2.32. The zero-order valence-corrected chi connectivity index (χ0v) is 8.85. The second kappa shape index (κ2) is 4.65. The summed E-state index contributed by atoms with van der Waals surface area (Å²) in [5.74, 6) is -1.79. The van der Waals surface area contributed by atoms with Crippen LogP contribution in [-0.4, -0.2) is 23.7 Å². The molecule has 0 radical (unpaired) electrons.